The minimum absolute atomic E-state index is 0.509. The molecule has 0 radical (unpaired) electrons. The fourth-order valence-corrected chi connectivity index (χ4v) is 12.2. The van der Waals surface area contributed by atoms with Crippen molar-refractivity contribution in [2.45, 2.75) is 0 Å². The monoisotopic (exact) mass is 1340 g/mol. The van der Waals surface area contributed by atoms with Crippen LogP contribution >= 0.6 is 23.2 Å². The third-order valence-corrected chi connectivity index (χ3v) is 17.6. The summed E-state index contributed by atoms with van der Waals surface area (Å²) in [7, 11) is -1.39. The highest BCUT2D eigenvalue weighted by Crippen LogP contribution is 2.35. The van der Waals surface area contributed by atoms with Gasteiger partial charge in [0.05, 0.1) is 0 Å². The molecule has 0 aliphatic rings. The van der Waals surface area contributed by atoms with Crippen LogP contribution in [0.1, 0.15) is 0 Å². The molecule has 0 saturated carbocycles. The second-order valence-corrected chi connectivity index (χ2v) is 24.8. The van der Waals surface area contributed by atoms with E-state index in [2.05, 4.69) is 218 Å². The first-order chi connectivity index (χ1) is 49.7. The Bertz CT molecular complexity index is 5210. The number of aromatic nitrogens is 6. The van der Waals surface area contributed by atoms with Gasteiger partial charge in [0.1, 0.15) is 0 Å². The Hall–Kier alpha value is -12.3. The number of hydrogen-bond donors (Lipinski definition) is 2. The van der Waals surface area contributed by atoms with Crippen LogP contribution in [0.15, 0.2) is 370 Å². The van der Waals surface area contributed by atoms with Crippen molar-refractivity contribution in [3.63, 3.8) is 0 Å². The van der Waals surface area contributed by atoms with Crippen molar-refractivity contribution in [1.29, 1.82) is 0 Å². The number of rotatable bonds is 14. The van der Waals surface area contributed by atoms with Crippen LogP contribution in [-0.2, 0) is 0 Å². The second kappa shape index (κ2) is 31.5. The minimum Gasteiger partial charge on any atom is -0.423 e. The van der Waals surface area contributed by atoms with Gasteiger partial charge >= 0.3 is 7.12 Å². The fourth-order valence-electron chi connectivity index (χ4n) is 11.8. The molecule has 2 heterocycles. The van der Waals surface area contributed by atoms with Crippen molar-refractivity contribution < 1.29 is 10.0 Å². The third kappa shape index (κ3) is 16.5. The van der Waals surface area contributed by atoms with E-state index in [0.29, 0.717) is 50.5 Å². The number of hydrogen-bond acceptors (Lipinski definition) is 8. The maximum atomic E-state index is 8.94. The molecule has 2 aromatic heterocycles. The first kappa shape index (κ1) is 65.9. The van der Waals surface area contributed by atoms with Gasteiger partial charge in [0.25, 0.3) is 0 Å². The highest BCUT2D eigenvalue weighted by Gasteiger charge is 2.17. The largest absolute Gasteiger partial charge is 0.488 e. The van der Waals surface area contributed by atoms with E-state index in [0.717, 1.165) is 83.5 Å². The number of halogens is 2. The molecule has 0 bridgehead atoms. The lowest BCUT2D eigenvalue weighted by Gasteiger charge is -2.11. The van der Waals surface area contributed by atoms with Crippen molar-refractivity contribution in [2.75, 3.05) is 0 Å². The molecule has 0 atom stereocenters. The standard InChI is InChI=1S/C51H35N3.C27H17Cl2N3.C12H11BO2/c1-4-12-36(13-5-1)39-22-26-42(27-23-39)45-18-10-20-47(34-45)50-52-49(44-32-30-41(31-33-44)38-16-8-3-9-17-38)53-51(54-50)48-21-11-19-46(35-48)43-28-24-40(25-29-43)37-14-6-2-7-15-37;28-23-10-4-8-21(16-23)26-30-25(31-27(32-26)22-9-5-11-24(29)17-22)20-14-12-19(13-15-20)18-6-2-1-3-7-18;14-13(15)12-8-6-11(7-9-12)10-4-2-1-3-5-10/h1-35H;1-17H;1-9,14-15H. The van der Waals surface area contributed by atoms with Crippen LogP contribution in [0.25, 0.3) is 146 Å². The summed E-state index contributed by atoms with van der Waals surface area (Å²) >= 11 is 12.4. The molecule has 2 N–H and O–H groups in total. The van der Waals surface area contributed by atoms with E-state index in [9.17, 15) is 0 Å². The van der Waals surface area contributed by atoms with Gasteiger partial charge in [-0.15, -0.1) is 0 Å². The summed E-state index contributed by atoms with van der Waals surface area (Å²) in [6.07, 6.45) is 0. The van der Waals surface area contributed by atoms with Gasteiger partial charge in [0.2, 0.25) is 0 Å². The van der Waals surface area contributed by atoms with Crippen LogP contribution in [0.5, 0.6) is 0 Å². The molecule has 8 nitrogen and oxygen atoms in total. The zero-order valence-electron chi connectivity index (χ0n) is 54.6. The molecule has 0 aliphatic heterocycles. The van der Waals surface area contributed by atoms with Gasteiger partial charge in [0.15, 0.2) is 34.9 Å². The van der Waals surface area contributed by atoms with Crippen LogP contribution < -0.4 is 5.46 Å². The summed E-state index contributed by atoms with van der Waals surface area (Å²) in [5.74, 6) is 3.58. The Balaban J connectivity index is 0.000000154. The van der Waals surface area contributed by atoms with Crippen LogP contribution in [0.3, 0.4) is 0 Å². The summed E-state index contributed by atoms with van der Waals surface area (Å²) < 4.78 is 0. The van der Waals surface area contributed by atoms with Crippen molar-refractivity contribution in [2.24, 2.45) is 0 Å². The molecule has 482 valence electrons. The summed E-state index contributed by atoms with van der Waals surface area (Å²) in [6, 6.07) is 125. The molecule has 0 unspecified atom stereocenters. The molecule has 11 heteroatoms. The molecule has 0 fully saturated rings. The van der Waals surface area contributed by atoms with E-state index < -0.39 is 7.12 Å². The number of benzene rings is 14. The van der Waals surface area contributed by atoms with E-state index in [-0.39, 0.29) is 0 Å². The van der Waals surface area contributed by atoms with Crippen molar-refractivity contribution >= 4 is 35.8 Å². The predicted molar refractivity (Wildman–Crippen MR) is 417 cm³/mol. The molecular weight excluding hydrogens is 1280 g/mol. The first-order valence-electron chi connectivity index (χ1n) is 33.1. The predicted octanol–water partition coefficient (Wildman–Crippen LogP) is 22.1. The zero-order chi connectivity index (χ0) is 68.7. The molecule has 0 amide bonds. The molecule has 0 spiro atoms. The van der Waals surface area contributed by atoms with E-state index in [1.807, 2.05) is 140 Å². The van der Waals surface area contributed by atoms with Gasteiger partial charge in [-0.05, 0) is 120 Å². The van der Waals surface area contributed by atoms with Crippen molar-refractivity contribution in [3.8, 4) is 146 Å². The quantitative estimate of drug-likeness (QED) is 0.103. The maximum Gasteiger partial charge on any atom is 0.488 e. The van der Waals surface area contributed by atoms with Gasteiger partial charge in [-0.1, -0.05) is 357 Å². The topological polar surface area (TPSA) is 118 Å². The lowest BCUT2D eigenvalue weighted by atomic mass is 9.80. The van der Waals surface area contributed by atoms with Gasteiger partial charge in [-0.3, -0.25) is 0 Å². The van der Waals surface area contributed by atoms with E-state index in [1.54, 1.807) is 12.1 Å². The van der Waals surface area contributed by atoms with Gasteiger partial charge in [-0.2, -0.15) is 0 Å². The lowest BCUT2D eigenvalue weighted by molar-refractivity contribution is 0.426. The van der Waals surface area contributed by atoms with Gasteiger partial charge in [-0.25, -0.2) is 29.9 Å². The minimum atomic E-state index is -1.39. The Labute approximate surface area is 598 Å². The number of nitrogens with zero attached hydrogens (tertiary/aromatic N) is 6. The summed E-state index contributed by atoms with van der Waals surface area (Å²) in [6.45, 7) is 0. The molecule has 14 aromatic carbocycles. The average molecular weight is 1340 g/mol. The SMILES string of the molecule is Clc1cccc(-c2nc(-c3ccc(-c4ccccc4)cc3)nc(-c3cccc(Cl)c3)n2)c1.OB(O)c1ccc(-c2ccccc2)cc1.c1ccc(-c2ccc(-c3cccc(-c4nc(-c5ccc(-c6ccccc6)cc5)nc(-c5cccc(-c6ccc(-c7ccccc7)cc6)c5)n4)c3)cc2)cc1. The van der Waals surface area contributed by atoms with Crippen LogP contribution in [0.4, 0.5) is 0 Å². The highest BCUT2D eigenvalue weighted by atomic mass is 35.5. The van der Waals surface area contributed by atoms with Crippen LogP contribution in [0.2, 0.25) is 10.0 Å². The van der Waals surface area contributed by atoms with E-state index in [1.165, 1.54) is 27.8 Å². The molecular formula is C90H63BCl2N6O2. The van der Waals surface area contributed by atoms with Gasteiger partial charge < -0.3 is 10.0 Å². The van der Waals surface area contributed by atoms with E-state index in [4.69, 9.17) is 63.2 Å². The van der Waals surface area contributed by atoms with Crippen molar-refractivity contribution in [1.82, 2.24) is 29.9 Å². The maximum absolute atomic E-state index is 8.94. The Morgan fingerprint density at radius 2 is 0.347 bits per heavy atom. The van der Waals surface area contributed by atoms with Gasteiger partial charge in [0, 0.05) is 43.4 Å². The highest BCUT2D eigenvalue weighted by molar-refractivity contribution is 6.58. The first-order valence-corrected chi connectivity index (χ1v) is 33.8. The van der Waals surface area contributed by atoms with Crippen LogP contribution in [-0.4, -0.2) is 47.1 Å². The fraction of sp³-hybridized carbons (Fsp3) is 0. The van der Waals surface area contributed by atoms with E-state index >= 15 is 0 Å². The molecule has 16 rings (SSSR count). The smallest absolute Gasteiger partial charge is 0.423 e. The third-order valence-electron chi connectivity index (χ3n) is 17.1. The Morgan fingerprint density at radius 3 is 0.594 bits per heavy atom. The summed E-state index contributed by atoms with van der Waals surface area (Å²) in [5, 5.41) is 19.1. The molecule has 0 aliphatic carbocycles. The van der Waals surface area contributed by atoms with Crippen LogP contribution in [0, 0.1) is 0 Å². The molecule has 101 heavy (non-hydrogen) atoms. The summed E-state index contributed by atoms with van der Waals surface area (Å²) in [4.78, 5) is 29.5. The Kier molecular flexibility index (Phi) is 20.5. The lowest BCUT2D eigenvalue weighted by Crippen LogP contribution is -2.29. The normalized spacial score (nSPS) is 10.8. The Morgan fingerprint density at radius 1 is 0.168 bits per heavy atom. The van der Waals surface area contributed by atoms with Crippen molar-refractivity contribution in [3.05, 3.63) is 380 Å². The zero-order valence-corrected chi connectivity index (χ0v) is 56.1. The molecule has 16 aromatic rings. The summed E-state index contributed by atoms with van der Waals surface area (Å²) in [5.41, 5.74) is 21.9. The molecule has 0 saturated heterocycles. The second-order valence-electron chi connectivity index (χ2n) is 23.9. The average Bonchev–Trinajstić information content (AvgIpc) is 0.799.